The molecule has 0 spiro atoms. The molecule has 2 aromatic rings. The Morgan fingerprint density at radius 2 is 2.00 bits per heavy atom. The summed E-state index contributed by atoms with van der Waals surface area (Å²) in [6.07, 6.45) is 1.74. The summed E-state index contributed by atoms with van der Waals surface area (Å²) in [6.45, 7) is 1.90. The summed E-state index contributed by atoms with van der Waals surface area (Å²) in [7, 11) is 1.55. The van der Waals surface area contributed by atoms with Gasteiger partial charge in [-0.1, -0.05) is 6.07 Å². The van der Waals surface area contributed by atoms with Crippen molar-refractivity contribution in [2.75, 3.05) is 7.11 Å². The molecule has 0 amide bonds. The van der Waals surface area contributed by atoms with Gasteiger partial charge in [0.1, 0.15) is 0 Å². The van der Waals surface area contributed by atoms with Crippen molar-refractivity contribution in [2.45, 2.75) is 6.92 Å². The van der Waals surface area contributed by atoms with Crippen LogP contribution in [0.4, 0.5) is 0 Å². The lowest BCUT2D eigenvalue weighted by Gasteiger charge is -2.03. The first kappa shape index (κ1) is 9.58. The third kappa shape index (κ3) is 2.10. The van der Waals surface area contributed by atoms with Crippen LogP contribution in [0.2, 0.25) is 0 Å². The number of aryl methyl sites for hydroxylation is 1. The zero-order valence-corrected chi connectivity index (χ0v) is 8.64. The lowest BCUT2D eigenvalue weighted by Crippen LogP contribution is -1.96. The van der Waals surface area contributed by atoms with Gasteiger partial charge in [-0.15, -0.1) is 0 Å². The van der Waals surface area contributed by atoms with E-state index in [4.69, 9.17) is 4.74 Å². The molecule has 2 aromatic heterocycles. The molecule has 0 bridgehead atoms. The van der Waals surface area contributed by atoms with Crippen LogP contribution in [-0.2, 0) is 0 Å². The van der Waals surface area contributed by atoms with E-state index in [-0.39, 0.29) is 0 Å². The van der Waals surface area contributed by atoms with Gasteiger partial charge in [0.15, 0.2) is 0 Å². The molecule has 0 aromatic carbocycles. The molecule has 0 radical (unpaired) electrons. The Labute approximate surface area is 88.0 Å². The Kier molecular flexibility index (Phi) is 2.58. The molecular formula is C11H11N3O. The van der Waals surface area contributed by atoms with E-state index in [1.54, 1.807) is 13.3 Å². The Balaban J connectivity index is 2.49. The molecule has 0 aliphatic heterocycles. The second-order valence-corrected chi connectivity index (χ2v) is 3.10. The Hall–Kier alpha value is -1.97. The van der Waals surface area contributed by atoms with Crippen LogP contribution in [0.1, 0.15) is 5.69 Å². The van der Waals surface area contributed by atoms with Crippen molar-refractivity contribution in [1.82, 2.24) is 15.0 Å². The maximum atomic E-state index is 5.01. The molecule has 4 heteroatoms. The largest absolute Gasteiger partial charge is 0.467 e. The maximum Gasteiger partial charge on any atom is 0.316 e. The van der Waals surface area contributed by atoms with E-state index in [0.29, 0.717) is 6.01 Å². The zero-order chi connectivity index (χ0) is 10.7. The van der Waals surface area contributed by atoms with Gasteiger partial charge in [0.05, 0.1) is 18.5 Å². The quantitative estimate of drug-likeness (QED) is 0.744. The Morgan fingerprint density at radius 3 is 2.67 bits per heavy atom. The predicted molar refractivity (Wildman–Crippen MR) is 56.6 cm³/mol. The minimum Gasteiger partial charge on any atom is -0.467 e. The van der Waals surface area contributed by atoms with Crippen LogP contribution in [0.25, 0.3) is 11.4 Å². The second kappa shape index (κ2) is 4.04. The maximum absolute atomic E-state index is 5.01. The monoisotopic (exact) mass is 201 g/mol. The normalized spacial score (nSPS) is 10.0. The molecule has 0 N–H and O–H groups in total. The standard InChI is InChI=1S/C11H11N3O/c1-8-7-10(14-11(13-8)15-2)9-5-3-4-6-12-9/h3-7H,1-2H3. The third-order valence-electron chi connectivity index (χ3n) is 1.94. The van der Waals surface area contributed by atoms with Crippen LogP contribution in [0.15, 0.2) is 30.5 Å². The van der Waals surface area contributed by atoms with Gasteiger partial charge in [-0.25, -0.2) is 4.98 Å². The van der Waals surface area contributed by atoms with E-state index in [1.165, 1.54) is 0 Å². The molecule has 2 rings (SSSR count). The number of rotatable bonds is 2. The first-order valence-electron chi connectivity index (χ1n) is 4.60. The van der Waals surface area contributed by atoms with Gasteiger partial charge in [0, 0.05) is 11.9 Å². The summed E-state index contributed by atoms with van der Waals surface area (Å²) in [4.78, 5) is 12.6. The van der Waals surface area contributed by atoms with E-state index < -0.39 is 0 Å². The molecule has 2 heterocycles. The van der Waals surface area contributed by atoms with Crippen molar-refractivity contribution in [3.8, 4) is 17.4 Å². The molecule has 0 aliphatic rings. The molecule has 0 saturated carbocycles. The zero-order valence-electron chi connectivity index (χ0n) is 8.64. The fourth-order valence-electron chi connectivity index (χ4n) is 1.28. The number of hydrogen-bond acceptors (Lipinski definition) is 4. The molecule has 4 nitrogen and oxygen atoms in total. The lowest BCUT2D eigenvalue weighted by molar-refractivity contribution is 0.379. The van der Waals surface area contributed by atoms with Crippen molar-refractivity contribution in [1.29, 1.82) is 0 Å². The third-order valence-corrected chi connectivity index (χ3v) is 1.94. The minimum absolute atomic E-state index is 0.371. The first-order chi connectivity index (χ1) is 7.29. The topological polar surface area (TPSA) is 47.9 Å². The smallest absolute Gasteiger partial charge is 0.316 e. The van der Waals surface area contributed by atoms with Gasteiger partial charge in [0.2, 0.25) is 0 Å². The number of hydrogen-bond donors (Lipinski definition) is 0. The van der Waals surface area contributed by atoms with E-state index in [9.17, 15) is 0 Å². The number of nitrogens with zero attached hydrogens (tertiary/aromatic N) is 3. The number of methoxy groups -OCH3 is 1. The van der Waals surface area contributed by atoms with Gasteiger partial charge >= 0.3 is 6.01 Å². The van der Waals surface area contributed by atoms with Crippen LogP contribution in [0.3, 0.4) is 0 Å². The van der Waals surface area contributed by atoms with Crippen molar-refractivity contribution >= 4 is 0 Å². The van der Waals surface area contributed by atoms with Crippen molar-refractivity contribution in [2.24, 2.45) is 0 Å². The highest BCUT2D eigenvalue weighted by Crippen LogP contribution is 2.16. The van der Waals surface area contributed by atoms with Gasteiger partial charge in [0.25, 0.3) is 0 Å². The van der Waals surface area contributed by atoms with Crippen LogP contribution in [0.5, 0.6) is 6.01 Å². The molecule has 0 saturated heterocycles. The molecule has 0 aliphatic carbocycles. The van der Waals surface area contributed by atoms with Crippen LogP contribution in [-0.4, -0.2) is 22.1 Å². The summed E-state index contributed by atoms with van der Waals surface area (Å²) in [5, 5.41) is 0. The molecule has 0 fully saturated rings. The van der Waals surface area contributed by atoms with E-state index >= 15 is 0 Å². The number of ether oxygens (including phenoxy) is 1. The average molecular weight is 201 g/mol. The summed E-state index contributed by atoms with van der Waals surface area (Å²) in [6, 6.07) is 7.95. The lowest BCUT2D eigenvalue weighted by atomic mass is 10.2. The second-order valence-electron chi connectivity index (χ2n) is 3.10. The molecule has 0 unspecified atom stereocenters. The molecule has 76 valence electrons. The van der Waals surface area contributed by atoms with Crippen molar-refractivity contribution in [3.05, 3.63) is 36.2 Å². The van der Waals surface area contributed by atoms with Crippen molar-refractivity contribution < 1.29 is 4.74 Å². The van der Waals surface area contributed by atoms with Gasteiger partial charge in [-0.05, 0) is 25.1 Å². The fraction of sp³-hybridized carbons (Fsp3) is 0.182. The van der Waals surface area contributed by atoms with Gasteiger partial charge in [-0.3, -0.25) is 4.98 Å². The van der Waals surface area contributed by atoms with E-state index in [0.717, 1.165) is 17.1 Å². The number of pyridine rings is 1. The minimum atomic E-state index is 0.371. The van der Waals surface area contributed by atoms with Gasteiger partial charge < -0.3 is 4.74 Å². The summed E-state index contributed by atoms with van der Waals surface area (Å²) < 4.78 is 5.01. The summed E-state index contributed by atoms with van der Waals surface area (Å²) in [5.41, 5.74) is 2.46. The number of aromatic nitrogens is 3. The van der Waals surface area contributed by atoms with Crippen molar-refractivity contribution in [3.63, 3.8) is 0 Å². The van der Waals surface area contributed by atoms with Gasteiger partial charge in [-0.2, -0.15) is 4.98 Å². The Morgan fingerprint density at radius 1 is 1.13 bits per heavy atom. The van der Waals surface area contributed by atoms with E-state index in [1.807, 2.05) is 31.2 Å². The van der Waals surface area contributed by atoms with Crippen LogP contribution < -0.4 is 4.74 Å². The highest BCUT2D eigenvalue weighted by atomic mass is 16.5. The molecule has 15 heavy (non-hydrogen) atoms. The highest BCUT2D eigenvalue weighted by Gasteiger charge is 2.04. The first-order valence-corrected chi connectivity index (χ1v) is 4.60. The SMILES string of the molecule is COc1nc(C)cc(-c2ccccn2)n1. The summed E-state index contributed by atoms with van der Waals surface area (Å²) >= 11 is 0. The molecular weight excluding hydrogens is 190 g/mol. The predicted octanol–water partition coefficient (Wildman–Crippen LogP) is 1.86. The van der Waals surface area contributed by atoms with E-state index in [2.05, 4.69) is 15.0 Å². The fourth-order valence-corrected chi connectivity index (χ4v) is 1.28. The molecule has 0 atom stereocenters. The average Bonchev–Trinajstić information content (AvgIpc) is 2.29. The highest BCUT2D eigenvalue weighted by molar-refractivity contribution is 5.54. The summed E-state index contributed by atoms with van der Waals surface area (Å²) in [5.74, 6) is 0. The van der Waals surface area contributed by atoms with Crippen LogP contribution in [0, 0.1) is 6.92 Å². The van der Waals surface area contributed by atoms with Crippen LogP contribution >= 0.6 is 0 Å². The Bertz CT molecular complexity index is 457.